The zero-order chi connectivity index (χ0) is 16.4. The van der Waals surface area contributed by atoms with E-state index >= 15 is 0 Å². The minimum atomic E-state index is -4.61. The molecule has 0 aromatic heterocycles. The third-order valence-electron chi connectivity index (χ3n) is 3.61. The lowest BCUT2D eigenvalue weighted by molar-refractivity contribution is -0.251. The number of hydrogen-bond donors (Lipinski definition) is 0. The fourth-order valence-electron chi connectivity index (χ4n) is 2.28. The maximum absolute atomic E-state index is 13.2. The summed E-state index contributed by atoms with van der Waals surface area (Å²) >= 11 is 0. The van der Waals surface area contributed by atoms with Gasteiger partial charge in [-0.05, 0) is 12.2 Å². The van der Waals surface area contributed by atoms with Crippen LogP contribution in [-0.2, 0) is 9.47 Å². The monoisotopic (exact) mass is 312 g/mol. The first-order valence-electron chi connectivity index (χ1n) is 6.52. The molecule has 6 heteroatoms. The molecule has 3 nitrogen and oxygen atoms in total. The molecule has 0 fully saturated rings. The Labute approximate surface area is 126 Å². The third kappa shape index (κ3) is 2.78. The van der Waals surface area contributed by atoms with Gasteiger partial charge in [0, 0.05) is 19.1 Å². The Balaban J connectivity index is 2.41. The minimum absolute atomic E-state index is 0.0458. The minimum Gasteiger partial charge on any atom is -0.500 e. The standard InChI is InChI=1S/C16H15F3O3/c1-21-13-10-15(22-2,16(17,18)19)9-8-12(13)14(20)11-6-4-3-5-7-11/h3-9H,10H2,1-2H3. The fraction of sp³-hybridized carbons (Fsp3) is 0.312. The van der Waals surface area contributed by atoms with Crippen LogP contribution < -0.4 is 0 Å². The molecule has 1 aromatic rings. The van der Waals surface area contributed by atoms with Crippen LogP contribution in [0.25, 0.3) is 0 Å². The lowest BCUT2D eigenvalue weighted by Gasteiger charge is -2.34. The Morgan fingerprint density at radius 1 is 1.18 bits per heavy atom. The third-order valence-corrected chi connectivity index (χ3v) is 3.61. The molecule has 0 N–H and O–H groups in total. The van der Waals surface area contributed by atoms with Gasteiger partial charge in [0.05, 0.1) is 12.7 Å². The number of alkyl halides is 3. The number of ether oxygens (including phenoxy) is 2. The molecule has 0 heterocycles. The number of rotatable bonds is 4. The number of halogens is 3. The molecule has 0 amide bonds. The van der Waals surface area contributed by atoms with Crippen molar-refractivity contribution in [2.24, 2.45) is 0 Å². The van der Waals surface area contributed by atoms with E-state index < -0.39 is 18.2 Å². The van der Waals surface area contributed by atoms with Crippen molar-refractivity contribution in [1.82, 2.24) is 0 Å². The molecule has 0 radical (unpaired) electrons. The maximum Gasteiger partial charge on any atom is 0.421 e. The first-order valence-corrected chi connectivity index (χ1v) is 6.52. The van der Waals surface area contributed by atoms with E-state index in [4.69, 9.17) is 4.74 Å². The largest absolute Gasteiger partial charge is 0.500 e. The summed E-state index contributed by atoms with van der Waals surface area (Å²) in [6.07, 6.45) is -3.20. The molecular weight excluding hydrogens is 297 g/mol. The summed E-state index contributed by atoms with van der Waals surface area (Å²) in [4.78, 5) is 12.4. The number of methoxy groups -OCH3 is 2. The fourth-order valence-corrected chi connectivity index (χ4v) is 2.28. The van der Waals surface area contributed by atoms with E-state index in [9.17, 15) is 18.0 Å². The van der Waals surface area contributed by atoms with Crippen LogP contribution in [0.15, 0.2) is 53.8 Å². The molecule has 0 aliphatic heterocycles. The van der Waals surface area contributed by atoms with Crippen LogP contribution in [0, 0.1) is 0 Å². The molecule has 2 rings (SSSR count). The van der Waals surface area contributed by atoms with Crippen molar-refractivity contribution in [2.45, 2.75) is 18.2 Å². The van der Waals surface area contributed by atoms with Gasteiger partial charge in [-0.15, -0.1) is 0 Å². The highest BCUT2D eigenvalue weighted by Crippen LogP contribution is 2.43. The summed E-state index contributed by atoms with van der Waals surface area (Å²) in [7, 11) is 2.22. The molecule has 1 atom stereocenters. The SMILES string of the molecule is COC1=C(C(=O)c2ccccc2)C=CC(OC)(C(F)(F)F)C1. The van der Waals surface area contributed by atoms with E-state index in [2.05, 4.69) is 4.74 Å². The summed E-state index contributed by atoms with van der Waals surface area (Å²) in [5.41, 5.74) is -1.99. The number of carbonyl (C=O) groups excluding carboxylic acids is 1. The van der Waals surface area contributed by atoms with Crippen molar-refractivity contribution in [1.29, 1.82) is 0 Å². The first-order chi connectivity index (χ1) is 10.3. The van der Waals surface area contributed by atoms with Gasteiger partial charge in [-0.3, -0.25) is 4.79 Å². The van der Waals surface area contributed by atoms with E-state index in [1.54, 1.807) is 30.3 Å². The van der Waals surface area contributed by atoms with Crippen molar-refractivity contribution >= 4 is 5.78 Å². The average molecular weight is 312 g/mol. The average Bonchev–Trinajstić information content (AvgIpc) is 2.53. The van der Waals surface area contributed by atoms with E-state index in [0.717, 1.165) is 19.3 Å². The van der Waals surface area contributed by atoms with Crippen LogP contribution in [0.1, 0.15) is 16.8 Å². The van der Waals surface area contributed by atoms with Crippen LogP contribution in [0.4, 0.5) is 13.2 Å². The van der Waals surface area contributed by atoms with E-state index in [1.165, 1.54) is 7.11 Å². The molecule has 118 valence electrons. The van der Waals surface area contributed by atoms with Crippen LogP contribution in [-0.4, -0.2) is 31.8 Å². The Morgan fingerprint density at radius 2 is 1.82 bits per heavy atom. The van der Waals surface area contributed by atoms with E-state index in [1.807, 2.05) is 0 Å². The molecule has 1 aliphatic rings. The van der Waals surface area contributed by atoms with Gasteiger partial charge in [0.25, 0.3) is 0 Å². The molecular formula is C16H15F3O3. The van der Waals surface area contributed by atoms with Gasteiger partial charge in [0.15, 0.2) is 11.4 Å². The van der Waals surface area contributed by atoms with Gasteiger partial charge < -0.3 is 9.47 Å². The van der Waals surface area contributed by atoms with Crippen molar-refractivity contribution in [2.75, 3.05) is 14.2 Å². The van der Waals surface area contributed by atoms with Gasteiger partial charge >= 0.3 is 6.18 Å². The highest BCUT2D eigenvalue weighted by Gasteiger charge is 2.55. The lowest BCUT2D eigenvalue weighted by Crippen LogP contribution is -2.47. The van der Waals surface area contributed by atoms with E-state index in [-0.39, 0.29) is 17.1 Å². The van der Waals surface area contributed by atoms with Crippen molar-refractivity contribution in [3.8, 4) is 0 Å². The van der Waals surface area contributed by atoms with Gasteiger partial charge in [0.2, 0.25) is 0 Å². The molecule has 0 spiro atoms. The Hall–Kier alpha value is -2.08. The van der Waals surface area contributed by atoms with Gasteiger partial charge in [-0.25, -0.2) is 0 Å². The van der Waals surface area contributed by atoms with Gasteiger partial charge in [-0.1, -0.05) is 30.3 Å². The number of benzene rings is 1. The van der Waals surface area contributed by atoms with Crippen LogP contribution in [0.5, 0.6) is 0 Å². The molecule has 1 aliphatic carbocycles. The normalized spacial score (nSPS) is 21.9. The zero-order valence-corrected chi connectivity index (χ0v) is 12.1. The molecule has 1 aromatic carbocycles. The Kier molecular flexibility index (Phi) is 4.42. The maximum atomic E-state index is 13.2. The molecule has 0 saturated heterocycles. The van der Waals surface area contributed by atoms with Crippen molar-refractivity contribution in [3.63, 3.8) is 0 Å². The predicted octanol–water partition coefficient (Wildman–Crippen LogP) is 3.68. The summed E-state index contributed by atoms with van der Waals surface area (Å²) in [5.74, 6) is -0.434. The van der Waals surface area contributed by atoms with Crippen molar-refractivity contribution in [3.05, 3.63) is 59.4 Å². The van der Waals surface area contributed by atoms with Crippen LogP contribution in [0.3, 0.4) is 0 Å². The zero-order valence-electron chi connectivity index (χ0n) is 12.1. The second-order valence-electron chi connectivity index (χ2n) is 4.84. The number of ketones is 1. The smallest absolute Gasteiger partial charge is 0.421 e. The summed E-state index contributed by atoms with van der Waals surface area (Å²) < 4.78 is 49.4. The number of allylic oxidation sites excluding steroid dienone is 2. The Morgan fingerprint density at radius 3 is 2.32 bits per heavy atom. The summed E-state index contributed by atoms with van der Waals surface area (Å²) in [6.45, 7) is 0. The van der Waals surface area contributed by atoms with E-state index in [0.29, 0.717) is 5.56 Å². The molecule has 1 unspecified atom stereocenters. The lowest BCUT2D eigenvalue weighted by atomic mass is 9.87. The van der Waals surface area contributed by atoms with Crippen LogP contribution >= 0.6 is 0 Å². The number of Topliss-reactive ketones (excluding diaryl/α,β-unsaturated/α-hetero) is 1. The predicted molar refractivity (Wildman–Crippen MR) is 74.4 cm³/mol. The first kappa shape index (κ1) is 16.3. The topological polar surface area (TPSA) is 35.5 Å². The van der Waals surface area contributed by atoms with Crippen LogP contribution in [0.2, 0.25) is 0 Å². The van der Waals surface area contributed by atoms with Gasteiger partial charge in [-0.2, -0.15) is 13.2 Å². The van der Waals surface area contributed by atoms with Gasteiger partial charge in [0.1, 0.15) is 5.76 Å². The summed E-state index contributed by atoms with van der Waals surface area (Å²) in [5, 5.41) is 0. The second-order valence-corrected chi connectivity index (χ2v) is 4.84. The number of carbonyl (C=O) groups is 1. The quantitative estimate of drug-likeness (QED) is 0.796. The molecule has 22 heavy (non-hydrogen) atoms. The molecule has 0 saturated carbocycles. The second kappa shape index (κ2) is 5.96. The highest BCUT2D eigenvalue weighted by atomic mass is 19.4. The number of hydrogen-bond acceptors (Lipinski definition) is 3. The highest BCUT2D eigenvalue weighted by molar-refractivity contribution is 6.11. The van der Waals surface area contributed by atoms with Crippen molar-refractivity contribution < 1.29 is 27.4 Å². The Bertz CT molecular complexity index is 617. The summed E-state index contributed by atoms with van der Waals surface area (Å²) in [6, 6.07) is 8.30. The molecule has 0 bridgehead atoms.